The van der Waals surface area contributed by atoms with Crippen molar-refractivity contribution in [1.82, 2.24) is 9.78 Å². The molecule has 0 bridgehead atoms. The molecule has 3 rings (SSSR count). The summed E-state index contributed by atoms with van der Waals surface area (Å²) in [6.07, 6.45) is 1.85. The molecule has 3 heteroatoms. The molecule has 0 spiro atoms. The highest BCUT2D eigenvalue weighted by Gasteiger charge is 2.01. The van der Waals surface area contributed by atoms with Gasteiger partial charge in [-0.1, -0.05) is 42.5 Å². The second-order valence-electron chi connectivity index (χ2n) is 4.94. The molecule has 0 amide bonds. The molecule has 0 atom stereocenters. The second-order valence-corrected chi connectivity index (χ2v) is 4.94. The molecular formula is C18H19N3. The highest BCUT2D eigenvalue weighted by atomic mass is 15.3. The minimum absolute atomic E-state index is 0.790. The van der Waals surface area contributed by atoms with Gasteiger partial charge in [-0.3, -0.25) is 4.68 Å². The zero-order valence-electron chi connectivity index (χ0n) is 12.2. The topological polar surface area (TPSA) is 29.9 Å². The average Bonchev–Trinajstić information content (AvgIpc) is 3.02. The first-order valence-electron chi connectivity index (χ1n) is 7.27. The standard InChI is InChI=1S/C18H19N3/c1-2-21-18(12-13-20-21)14-19-17-10-8-16(9-11-17)15-6-4-3-5-7-15/h3-13,19H,2,14H2,1H3. The lowest BCUT2D eigenvalue weighted by Crippen LogP contribution is -2.07. The summed E-state index contributed by atoms with van der Waals surface area (Å²) in [5, 5.41) is 7.72. The van der Waals surface area contributed by atoms with Crippen LogP contribution in [0.25, 0.3) is 11.1 Å². The lowest BCUT2D eigenvalue weighted by atomic mass is 10.1. The summed E-state index contributed by atoms with van der Waals surface area (Å²) >= 11 is 0. The van der Waals surface area contributed by atoms with Crippen LogP contribution in [-0.4, -0.2) is 9.78 Å². The van der Waals surface area contributed by atoms with Crippen LogP contribution in [0.15, 0.2) is 66.9 Å². The van der Waals surface area contributed by atoms with Crippen molar-refractivity contribution in [2.75, 3.05) is 5.32 Å². The van der Waals surface area contributed by atoms with Crippen LogP contribution in [-0.2, 0) is 13.1 Å². The zero-order chi connectivity index (χ0) is 14.5. The first-order chi connectivity index (χ1) is 10.4. The van der Waals surface area contributed by atoms with E-state index < -0.39 is 0 Å². The molecule has 21 heavy (non-hydrogen) atoms. The fourth-order valence-electron chi connectivity index (χ4n) is 2.40. The highest BCUT2D eigenvalue weighted by molar-refractivity contribution is 5.65. The molecule has 0 aliphatic carbocycles. The highest BCUT2D eigenvalue weighted by Crippen LogP contribution is 2.21. The molecule has 0 saturated heterocycles. The Labute approximate surface area is 125 Å². The molecule has 1 N–H and O–H groups in total. The molecule has 1 aromatic heterocycles. The van der Waals surface area contributed by atoms with E-state index in [1.54, 1.807) is 0 Å². The molecule has 0 saturated carbocycles. The third-order valence-corrected chi connectivity index (χ3v) is 3.57. The van der Waals surface area contributed by atoms with E-state index in [1.807, 2.05) is 16.9 Å². The Kier molecular flexibility index (Phi) is 4.01. The number of hydrogen-bond donors (Lipinski definition) is 1. The lowest BCUT2D eigenvalue weighted by molar-refractivity contribution is 0.627. The van der Waals surface area contributed by atoms with Crippen LogP contribution in [0.5, 0.6) is 0 Å². The maximum Gasteiger partial charge on any atom is 0.0575 e. The van der Waals surface area contributed by atoms with Crippen molar-refractivity contribution in [3.05, 3.63) is 72.6 Å². The van der Waals surface area contributed by atoms with E-state index in [2.05, 4.69) is 71.9 Å². The smallest absolute Gasteiger partial charge is 0.0575 e. The lowest BCUT2D eigenvalue weighted by Gasteiger charge is -2.09. The summed E-state index contributed by atoms with van der Waals surface area (Å²) in [4.78, 5) is 0. The van der Waals surface area contributed by atoms with Crippen molar-refractivity contribution in [2.45, 2.75) is 20.0 Å². The van der Waals surface area contributed by atoms with Gasteiger partial charge in [0.1, 0.15) is 0 Å². The number of aromatic nitrogens is 2. The van der Waals surface area contributed by atoms with Gasteiger partial charge in [0.25, 0.3) is 0 Å². The van der Waals surface area contributed by atoms with E-state index in [-0.39, 0.29) is 0 Å². The average molecular weight is 277 g/mol. The molecule has 2 aromatic carbocycles. The fraction of sp³-hybridized carbons (Fsp3) is 0.167. The van der Waals surface area contributed by atoms with E-state index in [0.717, 1.165) is 18.8 Å². The Morgan fingerprint density at radius 3 is 2.33 bits per heavy atom. The third kappa shape index (κ3) is 3.14. The summed E-state index contributed by atoms with van der Waals surface area (Å²) < 4.78 is 2.01. The van der Waals surface area contributed by atoms with Gasteiger partial charge in [0.2, 0.25) is 0 Å². The van der Waals surface area contributed by atoms with Crippen molar-refractivity contribution in [1.29, 1.82) is 0 Å². The number of nitrogens with one attached hydrogen (secondary N) is 1. The molecule has 3 nitrogen and oxygen atoms in total. The Hall–Kier alpha value is -2.55. The molecule has 0 aliphatic rings. The maximum atomic E-state index is 4.28. The van der Waals surface area contributed by atoms with Crippen LogP contribution in [0.3, 0.4) is 0 Å². The summed E-state index contributed by atoms with van der Waals surface area (Å²) in [6.45, 7) is 3.79. The minimum Gasteiger partial charge on any atom is -0.379 e. The van der Waals surface area contributed by atoms with Gasteiger partial charge in [0, 0.05) is 18.4 Å². The van der Waals surface area contributed by atoms with Crippen LogP contribution in [0.1, 0.15) is 12.6 Å². The van der Waals surface area contributed by atoms with Crippen molar-refractivity contribution in [2.24, 2.45) is 0 Å². The summed E-state index contributed by atoms with van der Waals surface area (Å²) in [7, 11) is 0. The van der Waals surface area contributed by atoms with Gasteiger partial charge in [-0.05, 0) is 36.2 Å². The molecule has 106 valence electrons. The monoisotopic (exact) mass is 277 g/mol. The Morgan fingerprint density at radius 1 is 0.905 bits per heavy atom. The van der Waals surface area contributed by atoms with Crippen molar-refractivity contribution < 1.29 is 0 Å². The Balaban J connectivity index is 1.68. The molecule has 0 radical (unpaired) electrons. The first kappa shape index (κ1) is 13.4. The van der Waals surface area contributed by atoms with Crippen LogP contribution in [0.2, 0.25) is 0 Å². The van der Waals surface area contributed by atoms with Crippen LogP contribution >= 0.6 is 0 Å². The zero-order valence-corrected chi connectivity index (χ0v) is 12.2. The molecule has 1 heterocycles. The van der Waals surface area contributed by atoms with Crippen molar-refractivity contribution in [3.8, 4) is 11.1 Å². The van der Waals surface area contributed by atoms with E-state index in [1.165, 1.54) is 16.8 Å². The molecule has 3 aromatic rings. The van der Waals surface area contributed by atoms with E-state index >= 15 is 0 Å². The minimum atomic E-state index is 0.790. The van der Waals surface area contributed by atoms with Gasteiger partial charge in [0.05, 0.1) is 12.2 Å². The summed E-state index contributed by atoms with van der Waals surface area (Å²) in [5.41, 5.74) is 4.80. The van der Waals surface area contributed by atoms with Crippen LogP contribution in [0.4, 0.5) is 5.69 Å². The van der Waals surface area contributed by atoms with Crippen molar-refractivity contribution >= 4 is 5.69 Å². The van der Waals surface area contributed by atoms with Crippen LogP contribution in [0, 0.1) is 0 Å². The van der Waals surface area contributed by atoms with Crippen molar-refractivity contribution in [3.63, 3.8) is 0 Å². The summed E-state index contributed by atoms with van der Waals surface area (Å²) in [6, 6.07) is 21.0. The van der Waals surface area contributed by atoms with Gasteiger partial charge in [-0.25, -0.2) is 0 Å². The molecule has 0 fully saturated rings. The Morgan fingerprint density at radius 2 is 1.62 bits per heavy atom. The number of nitrogens with zero attached hydrogens (tertiary/aromatic N) is 2. The van der Waals surface area contributed by atoms with Gasteiger partial charge in [-0.2, -0.15) is 5.10 Å². The number of anilines is 1. The first-order valence-corrected chi connectivity index (χ1v) is 7.27. The number of aryl methyl sites for hydroxylation is 1. The van der Waals surface area contributed by atoms with E-state index in [0.29, 0.717) is 0 Å². The van der Waals surface area contributed by atoms with Crippen LogP contribution < -0.4 is 5.32 Å². The van der Waals surface area contributed by atoms with Gasteiger partial charge in [-0.15, -0.1) is 0 Å². The van der Waals surface area contributed by atoms with Gasteiger partial charge in [0.15, 0.2) is 0 Å². The molecule has 0 aliphatic heterocycles. The fourth-order valence-corrected chi connectivity index (χ4v) is 2.40. The maximum absolute atomic E-state index is 4.28. The quantitative estimate of drug-likeness (QED) is 0.758. The number of benzene rings is 2. The normalized spacial score (nSPS) is 10.5. The Bertz CT molecular complexity index is 684. The van der Waals surface area contributed by atoms with Gasteiger partial charge < -0.3 is 5.32 Å². The summed E-state index contributed by atoms with van der Waals surface area (Å²) in [5.74, 6) is 0. The SMILES string of the molecule is CCn1nccc1CNc1ccc(-c2ccccc2)cc1. The van der Waals surface area contributed by atoms with E-state index in [4.69, 9.17) is 0 Å². The van der Waals surface area contributed by atoms with Gasteiger partial charge >= 0.3 is 0 Å². The second kappa shape index (κ2) is 6.27. The van der Waals surface area contributed by atoms with E-state index in [9.17, 15) is 0 Å². The molecular weight excluding hydrogens is 258 g/mol. The number of rotatable bonds is 5. The third-order valence-electron chi connectivity index (χ3n) is 3.57. The largest absolute Gasteiger partial charge is 0.379 e. The predicted octanol–water partition coefficient (Wildman–Crippen LogP) is 4.18. The number of hydrogen-bond acceptors (Lipinski definition) is 2. The molecule has 0 unspecified atom stereocenters. The predicted molar refractivity (Wildman–Crippen MR) is 87.1 cm³/mol.